The Labute approximate surface area is 178 Å². The third-order valence-electron chi connectivity index (χ3n) is 5.63. The van der Waals surface area contributed by atoms with Gasteiger partial charge in [-0.3, -0.25) is 14.5 Å². The molecule has 2 saturated heterocycles. The van der Waals surface area contributed by atoms with Gasteiger partial charge in [0.1, 0.15) is 6.10 Å². The van der Waals surface area contributed by atoms with E-state index in [2.05, 4.69) is 9.93 Å². The minimum atomic E-state index is -3.89. The highest BCUT2D eigenvalue weighted by Gasteiger charge is 2.50. The highest BCUT2D eigenvalue weighted by molar-refractivity contribution is 7.89. The van der Waals surface area contributed by atoms with Crippen molar-refractivity contribution >= 4 is 27.5 Å². The molecule has 3 atom stereocenters. The number of nitrogens with zero attached hydrogens (tertiary/aromatic N) is 2. The molecule has 2 aromatic rings. The van der Waals surface area contributed by atoms with Crippen molar-refractivity contribution in [2.45, 2.75) is 36.7 Å². The molecule has 3 aliphatic heterocycles. The number of carbonyl (C=O) groups is 2. The topological polar surface area (TPSA) is 114 Å². The number of aryl methyl sites for hydroxylation is 1. The van der Waals surface area contributed by atoms with E-state index in [1.807, 2.05) is 6.92 Å². The van der Waals surface area contributed by atoms with Gasteiger partial charge >= 0.3 is 0 Å². The van der Waals surface area contributed by atoms with Crippen molar-refractivity contribution in [2.75, 3.05) is 6.61 Å². The van der Waals surface area contributed by atoms with Gasteiger partial charge in [0.15, 0.2) is 6.29 Å². The van der Waals surface area contributed by atoms with Gasteiger partial charge in [0, 0.05) is 6.42 Å². The number of hydrazone groups is 1. The van der Waals surface area contributed by atoms with E-state index in [1.165, 1.54) is 17.0 Å². The molecule has 0 aliphatic carbocycles. The van der Waals surface area contributed by atoms with Crippen molar-refractivity contribution < 1.29 is 27.5 Å². The summed E-state index contributed by atoms with van der Waals surface area (Å²) in [7, 11) is -3.89. The molecule has 1 N–H and O–H groups in total. The van der Waals surface area contributed by atoms with E-state index in [0.717, 1.165) is 5.56 Å². The first-order chi connectivity index (χ1) is 14.8. The molecule has 31 heavy (non-hydrogen) atoms. The van der Waals surface area contributed by atoms with Gasteiger partial charge in [-0.15, -0.1) is 0 Å². The maximum Gasteiger partial charge on any atom is 0.276 e. The normalized spacial score (nSPS) is 26.4. The number of hydrogen-bond donors (Lipinski definition) is 1. The lowest BCUT2D eigenvalue weighted by Gasteiger charge is -2.33. The summed E-state index contributed by atoms with van der Waals surface area (Å²) in [5.41, 5.74) is 1.88. The average molecular weight is 441 g/mol. The lowest BCUT2D eigenvalue weighted by molar-refractivity contribution is -0.0376. The first-order valence-corrected chi connectivity index (χ1v) is 11.2. The summed E-state index contributed by atoms with van der Waals surface area (Å²) >= 11 is 0. The van der Waals surface area contributed by atoms with Crippen molar-refractivity contribution in [1.82, 2.24) is 9.73 Å². The van der Waals surface area contributed by atoms with Gasteiger partial charge in [-0.05, 0) is 31.2 Å². The predicted octanol–water partition coefficient (Wildman–Crippen LogP) is 1.44. The van der Waals surface area contributed by atoms with Gasteiger partial charge in [-0.2, -0.15) is 18.4 Å². The summed E-state index contributed by atoms with van der Waals surface area (Å²) in [4.78, 5) is 29.2. The molecule has 2 amide bonds. The molecule has 2 bridgehead atoms. The fourth-order valence-corrected chi connectivity index (χ4v) is 4.83. The Morgan fingerprint density at radius 3 is 2.32 bits per heavy atom. The summed E-state index contributed by atoms with van der Waals surface area (Å²) in [6.07, 6.45) is -1.17. The first kappa shape index (κ1) is 19.9. The third kappa shape index (κ3) is 3.32. The van der Waals surface area contributed by atoms with Crippen molar-refractivity contribution in [1.29, 1.82) is 0 Å². The van der Waals surface area contributed by atoms with E-state index < -0.39 is 40.3 Å². The Kier molecular flexibility index (Phi) is 4.65. The minimum absolute atomic E-state index is 0.0706. The number of hydrogen-bond acceptors (Lipinski definition) is 7. The van der Waals surface area contributed by atoms with Crippen LogP contribution < -0.4 is 4.83 Å². The summed E-state index contributed by atoms with van der Waals surface area (Å²) in [5, 5.41) is 4.03. The van der Waals surface area contributed by atoms with E-state index in [1.54, 1.807) is 36.4 Å². The van der Waals surface area contributed by atoms with E-state index in [0.29, 0.717) is 11.1 Å². The summed E-state index contributed by atoms with van der Waals surface area (Å²) in [6.45, 7) is 2.03. The molecule has 3 heterocycles. The number of sulfonamides is 1. The fraction of sp³-hybridized carbons (Fsp3) is 0.286. The number of carbonyl (C=O) groups excluding carboxylic acids is 2. The predicted molar refractivity (Wildman–Crippen MR) is 109 cm³/mol. The van der Waals surface area contributed by atoms with Crippen LogP contribution in [0.2, 0.25) is 0 Å². The van der Waals surface area contributed by atoms with Crippen LogP contribution in [0.1, 0.15) is 32.7 Å². The number of amides is 2. The zero-order valence-electron chi connectivity index (χ0n) is 16.5. The van der Waals surface area contributed by atoms with Crippen LogP contribution in [-0.2, 0) is 19.5 Å². The van der Waals surface area contributed by atoms with Crippen LogP contribution in [0.25, 0.3) is 0 Å². The number of imide groups is 1. The summed E-state index contributed by atoms with van der Waals surface area (Å²) < 4.78 is 36.5. The molecule has 0 spiro atoms. The molecule has 0 unspecified atom stereocenters. The fourth-order valence-electron chi connectivity index (χ4n) is 3.99. The number of ether oxygens (including phenoxy) is 2. The van der Waals surface area contributed by atoms with E-state index in [-0.39, 0.29) is 23.6 Å². The van der Waals surface area contributed by atoms with Gasteiger partial charge in [0.05, 0.1) is 34.4 Å². The van der Waals surface area contributed by atoms with Crippen LogP contribution >= 0.6 is 0 Å². The highest BCUT2D eigenvalue weighted by atomic mass is 32.2. The first-order valence-electron chi connectivity index (χ1n) is 9.74. The molecular weight excluding hydrogens is 422 g/mol. The van der Waals surface area contributed by atoms with Crippen LogP contribution in [0.5, 0.6) is 0 Å². The monoisotopic (exact) mass is 441 g/mol. The molecule has 0 radical (unpaired) electrons. The Balaban J connectivity index is 1.40. The van der Waals surface area contributed by atoms with Crippen LogP contribution in [0.4, 0.5) is 0 Å². The molecule has 9 nitrogen and oxygen atoms in total. The van der Waals surface area contributed by atoms with Gasteiger partial charge in [0.2, 0.25) is 0 Å². The molecule has 10 heteroatoms. The Morgan fingerprint density at radius 1 is 1.03 bits per heavy atom. The average Bonchev–Trinajstić information content (AvgIpc) is 3.29. The zero-order chi connectivity index (χ0) is 21.8. The standard InChI is InChI=1S/C21H19N3O6S/c1-12-6-8-13(9-7-12)31(27,28)23-22-16-10-17(18-11-29-21(16)30-18)24-19(25)14-4-2-3-5-15(14)20(24)26/h2-9,17-18,21,23H,10-11H2,1H3/b22-16+/t17-,18+,21+/m0/s1. The van der Waals surface area contributed by atoms with Crippen LogP contribution in [0.15, 0.2) is 58.5 Å². The molecule has 2 aromatic carbocycles. The largest absolute Gasteiger partial charge is 0.344 e. The number of benzene rings is 2. The Bertz CT molecular complexity index is 1170. The summed E-state index contributed by atoms with van der Waals surface area (Å²) in [6, 6.07) is 12.3. The lowest BCUT2D eigenvalue weighted by atomic mass is 10.0. The summed E-state index contributed by atoms with van der Waals surface area (Å²) in [5.74, 6) is -0.807. The molecule has 2 fully saturated rings. The van der Waals surface area contributed by atoms with Crippen LogP contribution in [0.3, 0.4) is 0 Å². The second kappa shape index (κ2) is 7.26. The smallest absolute Gasteiger partial charge is 0.276 e. The van der Waals surface area contributed by atoms with Crippen molar-refractivity contribution in [2.24, 2.45) is 5.10 Å². The SMILES string of the molecule is Cc1ccc(S(=O)(=O)N/N=C2\C[C@H](N3C(=O)c4ccccc4C3=O)[C@H]3CO[C@@H]2O3)cc1. The lowest BCUT2D eigenvalue weighted by Crippen LogP contribution is -2.52. The van der Waals surface area contributed by atoms with E-state index >= 15 is 0 Å². The second-order valence-corrected chi connectivity index (χ2v) is 9.31. The van der Waals surface area contributed by atoms with Gasteiger partial charge in [-0.1, -0.05) is 29.8 Å². The number of rotatable bonds is 4. The molecule has 5 rings (SSSR count). The maximum absolute atomic E-state index is 12.9. The number of nitrogens with one attached hydrogen (secondary N) is 1. The Hall–Kier alpha value is -3.08. The quantitative estimate of drug-likeness (QED) is 0.567. The third-order valence-corrected chi connectivity index (χ3v) is 6.85. The molecular formula is C21H19N3O6S. The molecule has 3 aliphatic rings. The zero-order valence-corrected chi connectivity index (χ0v) is 17.3. The highest BCUT2D eigenvalue weighted by Crippen LogP contribution is 2.34. The second-order valence-electron chi connectivity index (χ2n) is 7.65. The van der Waals surface area contributed by atoms with Crippen molar-refractivity contribution in [3.8, 4) is 0 Å². The Morgan fingerprint density at radius 2 is 1.68 bits per heavy atom. The molecule has 0 aromatic heterocycles. The minimum Gasteiger partial charge on any atom is -0.344 e. The van der Waals surface area contributed by atoms with Crippen LogP contribution in [-0.4, -0.2) is 55.9 Å². The van der Waals surface area contributed by atoms with Crippen molar-refractivity contribution in [3.63, 3.8) is 0 Å². The van der Waals surface area contributed by atoms with E-state index in [9.17, 15) is 18.0 Å². The van der Waals surface area contributed by atoms with E-state index in [4.69, 9.17) is 9.47 Å². The molecule has 0 saturated carbocycles. The number of fused-ring (bicyclic) bond motifs is 3. The van der Waals surface area contributed by atoms with Crippen molar-refractivity contribution in [3.05, 3.63) is 65.2 Å². The maximum atomic E-state index is 12.9. The van der Waals surface area contributed by atoms with Crippen LogP contribution in [0, 0.1) is 6.92 Å². The van der Waals surface area contributed by atoms with Gasteiger partial charge < -0.3 is 9.47 Å². The molecule has 160 valence electrons. The van der Waals surface area contributed by atoms with Gasteiger partial charge in [-0.25, -0.2) is 0 Å². The van der Waals surface area contributed by atoms with Gasteiger partial charge in [0.25, 0.3) is 21.8 Å².